The molecule has 2 aliphatic rings. The quantitative estimate of drug-likeness (QED) is 0.626. The van der Waals surface area contributed by atoms with Crippen LogP contribution in [0, 0.1) is 17.7 Å². The monoisotopic (exact) mass is 273 g/mol. The molecule has 3 nitrogen and oxygen atoms in total. The summed E-state index contributed by atoms with van der Waals surface area (Å²) in [7, 11) is 0. The van der Waals surface area contributed by atoms with Gasteiger partial charge in [0.1, 0.15) is 5.82 Å². The van der Waals surface area contributed by atoms with E-state index < -0.39 is 0 Å². The Morgan fingerprint density at radius 1 is 1.15 bits per heavy atom. The number of likely N-dealkylation sites (tertiary alicyclic amines) is 1. The lowest BCUT2D eigenvalue weighted by molar-refractivity contribution is -0.139. The van der Waals surface area contributed by atoms with Crippen LogP contribution in [0.25, 0.3) is 0 Å². The second kappa shape index (κ2) is 5.19. The predicted molar refractivity (Wildman–Crippen MR) is 72.2 cm³/mol. The molecule has 1 saturated heterocycles. The average Bonchev–Trinajstić information content (AvgIpc) is 2.71. The number of carbonyl (C=O) groups is 2. The normalized spacial score (nSPS) is 25.1. The van der Waals surface area contributed by atoms with E-state index in [1.807, 2.05) is 12.2 Å². The van der Waals surface area contributed by atoms with Gasteiger partial charge in [-0.1, -0.05) is 24.3 Å². The maximum atomic E-state index is 12.8. The average molecular weight is 273 g/mol. The molecule has 2 atom stereocenters. The van der Waals surface area contributed by atoms with Crippen LogP contribution in [-0.4, -0.2) is 23.3 Å². The van der Waals surface area contributed by atoms with Gasteiger partial charge in [0.05, 0.1) is 11.8 Å². The van der Waals surface area contributed by atoms with Crippen molar-refractivity contribution in [3.05, 3.63) is 47.8 Å². The van der Waals surface area contributed by atoms with Crippen molar-refractivity contribution in [3.63, 3.8) is 0 Å². The number of rotatable bonds is 3. The highest BCUT2D eigenvalue weighted by Crippen LogP contribution is 2.34. The van der Waals surface area contributed by atoms with Crippen LogP contribution < -0.4 is 0 Å². The SMILES string of the molecule is O=C1C2C=CCCC2C(=O)N1CCc1ccc(F)cc1. The fourth-order valence-corrected chi connectivity index (χ4v) is 2.96. The van der Waals surface area contributed by atoms with E-state index in [9.17, 15) is 14.0 Å². The fraction of sp³-hybridized carbons (Fsp3) is 0.375. The lowest BCUT2D eigenvalue weighted by atomic mass is 9.86. The number of hydrogen-bond donors (Lipinski definition) is 0. The Balaban J connectivity index is 1.68. The van der Waals surface area contributed by atoms with Gasteiger partial charge in [0, 0.05) is 6.54 Å². The zero-order valence-corrected chi connectivity index (χ0v) is 11.1. The van der Waals surface area contributed by atoms with E-state index >= 15 is 0 Å². The van der Waals surface area contributed by atoms with E-state index in [0.717, 1.165) is 18.4 Å². The molecule has 1 fully saturated rings. The van der Waals surface area contributed by atoms with Crippen molar-refractivity contribution < 1.29 is 14.0 Å². The van der Waals surface area contributed by atoms with Crippen molar-refractivity contribution in [2.45, 2.75) is 19.3 Å². The van der Waals surface area contributed by atoms with Crippen molar-refractivity contribution in [1.29, 1.82) is 0 Å². The van der Waals surface area contributed by atoms with Crippen molar-refractivity contribution in [1.82, 2.24) is 4.90 Å². The van der Waals surface area contributed by atoms with E-state index in [2.05, 4.69) is 0 Å². The Morgan fingerprint density at radius 3 is 2.60 bits per heavy atom. The minimum absolute atomic E-state index is 0.0496. The second-order valence-electron chi connectivity index (χ2n) is 5.34. The summed E-state index contributed by atoms with van der Waals surface area (Å²) in [6, 6.07) is 6.16. The number of benzene rings is 1. The van der Waals surface area contributed by atoms with Crippen LogP contribution in [0.4, 0.5) is 4.39 Å². The maximum absolute atomic E-state index is 12.8. The van der Waals surface area contributed by atoms with Gasteiger partial charge >= 0.3 is 0 Å². The van der Waals surface area contributed by atoms with Crippen molar-refractivity contribution in [3.8, 4) is 0 Å². The van der Waals surface area contributed by atoms with Crippen LogP contribution in [0.15, 0.2) is 36.4 Å². The highest BCUT2D eigenvalue weighted by atomic mass is 19.1. The molecule has 104 valence electrons. The molecule has 0 radical (unpaired) electrons. The van der Waals surface area contributed by atoms with Gasteiger partial charge in [0.2, 0.25) is 11.8 Å². The Labute approximate surface area is 117 Å². The smallest absolute Gasteiger partial charge is 0.236 e. The van der Waals surface area contributed by atoms with E-state index in [4.69, 9.17) is 0 Å². The molecule has 0 saturated carbocycles. The molecular weight excluding hydrogens is 257 g/mol. The summed E-state index contributed by atoms with van der Waals surface area (Å²) in [6.45, 7) is 0.379. The molecule has 2 amide bonds. The van der Waals surface area contributed by atoms with Gasteiger partial charge in [0.15, 0.2) is 0 Å². The Bertz CT molecular complexity index is 564. The molecule has 3 rings (SSSR count). The fourth-order valence-electron chi connectivity index (χ4n) is 2.96. The number of carbonyl (C=O) groups excluding carboxylic acids is 2. The zero-order chi connectivity index (χ0) is 14.1. The van der Waals surface area contributed by atoms with Crippen LogP contribution in [0.5, 0.6) is 0 Å². The van der Waals surface area contributed by atoms with Gasteiger partial charge in [-0.15, -0.1) is 0 Å². The number of nitrogens with zero attached hydrogens (tertiary/aromatic N) is 1. The number of hydrogen-bond acceptors (Lipinski definition) is 2. The molecule has 0 aromatic heterocycles. The van der Waals surface area contributed by atoms with Gasteiger partial charge in [-0.25, -0.2) is 4.39 Å². The highest BCUT2D eigenvalue weighted by molar-refractivity contribution is 6.06. The lowest BCUT2D eigenvalue weighted by Crippen LogP contribution is -2.33. The summed E-state index contributed by atoms with van der Waals surface area (Å²) in [5.41, 5.74) is 0.928. The first-order valence-corrected chi connectivity index (χ1v) is 6.93. The standard InChI is InChI=1S/C16H16FNO2/c17-12-7-5-11(6-8-12)9-10-18-15(19)13-3-1-2-4-14(13)16(18)20/h1,3,5-8,13-14H,2,4,9-10H2. The Hall–Kier alpha value is -1.97. The summed E-state index contributed by atoms with van der Waals surface area (Å²) >= 11 is 0. The summed E-state index contributed by atoms with van der Waals surface area (Å²) in [5.74, 6) is -0.840. The zero-order valence-electron chi connectivity index (χ0n) is 11.1. The van der Waals surface area contributed by atoms with Crippen LogP contribution >= 0.6 is 0 Å². The van der Waals surface area contributed by atoms with Crippen molar-refractivity contribution in [2.75, 3.05) is 6.54 Å². The number of imide groups is 1. The van der Waals surface area contributed by atoms with Gasteiger partial charge < -0.3 is 0 Å². The molecule has 20 heavy (non-hydrogen) atoms. The number of amides is 2. The number of halogens is 1. The molecule has 2 unspecified atom stereocenters. The van der Waals surface area contributed by atoms with Crippen molar-refractivity contribution in [2.24, 2.45) is 11.8 Å². The molecule has 1 aromatic carbocycles. The maximum Gasteiger partial charge on any atom is 0.236 e. The third kappa shape index (κ3) is 2.26. The van der Waals surface area contributed by atoms with Crippen LogP contribution in [-0.2, 0) is 16.0 Å². The lowest BCUT2D eigenvalue weighted by Gasteiger charge is -2.14. The second-order valence-corrected chi connectivity index (χ2v) is 5.34. The van der Waals surface area contributed by atoms with E-state index in [1.165, 1.54) is 17.0 Å². The van der Waals surface area contributed by atoms with E-state index in [1.54, 1.807) is 12.1 Å². The largest absolute Gasteiger partial charge is 0.281 e. The number of fused-ring (bicyclic) bond motifs is 1. The minimum Gasteiger partial charge on any atom is -0.281 e. The van der Waals surface area contributed by atoms with Gasteiger partial charge in [-0.2, -0.15) is 0 Å². The number of allylic oxidation sites excluding steroid dienone is 1. The topological polar surface area (TPSA) is 37.4 Å². The highest BCUT2D eigenvalue weighted by Gasteiger charge is 2.46. The van der Waals surface area contributed by atoms with Gasteiger partial charge in [-0.3, -0.25) is 14.5 Å². The first-order chi connectivity index (χ1) is 9.66. The first-order valence-electron chi connectivity index (χ1n) is 6.93. The third-order valence-corrected chi connectivity index (χ3v) is 4.09. The Kier molecular flexibility index (Phi) is 3.38. The molecule has 0 N–H and O–H groups in total. The van der Waals surface area contributed by atoms with Crippen LogP contribution in [0.1, 0.15) is 18.4 Å². The molecule has 1 aliphatic heterocycles. The van der Waals surface area contributed by atoms with Crippen molar-refractivity contribution >= 4 is 11.8 Å². The molecule has 0 bridgehead atoms. The minimum atomic E-state index is -0.279. The predicted octanol–water partition coefficient (Wildman–Crippen LogP) is 2.32. The van der Waals surface area contributed by atoms with Crippen LogP contribution in [0.2, 0.25) is 0 Å². The summed E-state index contributed by atoms with van der Waals surface area (Å²) < 4.78 is 12.8. The summed E-state index contributed by atoms with van der Waals surface area (Å²) in [5, 5.41) is 0. The molecular formula is C16H16FNO2. The molecule has 1 heterocycles. The molecule has 1 aliphatic carbocycles. The van der Waals surface area contributed by atoms with Crippen LogP contribution in [0.3, 0.4) is 0 Å². The molecule has 1 aromatic rings. The van der Waals surface area contributed by atoms with E-state index in [-0.39, 0.29) is 29.5 Å². The van der Waals surface area contributed by atoms with Gasteiger partial charge in [0.25, 0.3) is 0 Å². The van der Waals surface area contributed by atoms with Gasteiger partial charge in [-0.05, 0) is 37.0 Å². The third-order valence-electron chi connectivity index (χ3n) is 4.09. The molecule has 4 heteroatoms. The Morgan fingerprint density at radius 2 is 1.90 bits per heavy atom. The molecule has 0 spiro atoms. The summed E-state index contributed by atoms with van der Waals surface area (Å²) in [4.78, 5) is 25.8. The summed E-state index contributed by atoms with van der Waals surface area (Å²) in [6.07, 6.45) is 6.05. The first kappa shape index (κ1) is 13.0. The van der Waals surface area contributed by atoms with E-state index in [0.29, 0.717) is 13.0 Å².